The van der Waals surface area contributed by atoms with Gasteiger partial charge in [-0.3, -0.25) is 0 Å². The van der Waals surface area contributed by atoms with E-state index in [1.807, 2.05) is 0 Å². The molecule has 0 aromatic carbocycles. The molecule has 6 heteroatoms. The number of fused-ring (bicyclic) bond motifs is 2. The normalized spacial score (nSPS) is 42.3. The lowest BCUT2D eigenvalue weighted by atomic mass is 9.61. The summed E-state index contributed by atoms with van der Waals surface area (Å²) in [5, 5.41) is -0.180. The van der Waals surface area contributed by atoms with Crippen molar-refractivity contribution >= 4 is 24.4 Å². The first-order valence-electron chi connectivity index (χ1n) is 13.7. The van der Waals surface area contributed by atoms with E-state index in [1.54, 1.807) is 0 Å². The van der Waals surface area contributed by atoms with Crippen LogP contribution < -0.4 is 0 Å². The van der Waals surface area contributed by atoms with Crippen LogP contribution in [-0.2, 0) is 19.1 Å². The van der Waals surface area contributed by atoms with Crippen molar-refractivity contribution in [1.29, 1.82) is 0 Å². The first-order chi connectivity index (χ1) is 15.7. The fourth-order valence-corrected chi connectivity index (χ4v) is 11.8. The van der Waals surface area contributed by atoms with E-state index in [0.717, 1.165) is 57.7 Å². The number of allylic oxidation sites excluding steroid dienone is 1. The van der Waals surface area contributed by atoms with E-state index in [0.29, 0.717) is 17.6 Å². The number of rotatable bonds is 5. The third kappa shape index (κ3) is 4.65. The Morgan fingerprint density at radius 2 is 1.85 bits per heavy atom. The van der Waals surface area contributed by atoms with Crippen LogP contribution in [0.4, 0.5) is 0 Å². The predicted octanol–water partition coefficient (Wildman–Crippen LogP) is 6.57. The first-order valence-corrected chi connectivity index (χ1v) is 18.4. The molecule has 34 heavy (non-hydrogen) atoms. The molecule has 0 spiro atoms. The summed E-state index contributed by atoms with van der Waals surface area (Å²) in [7, 11) is -5.00. The average Bonchev–Trinajstić information content (AvgIpc) is 3.20. The molecule has 0 amide bonds. The zero-order chi connectivity index (χ0) is 25.1. The van der Waals surface area contributed by atoms with Crippen LogP contribution in [0.5, 0.6) is 0 Å². The molecule has 4 nitrogen and oxygen atoms in total. The standard InChI is InChI=1S/C28H48O4SSi/c1-19(17-29)24-12-13-25-20(9-8-14-28(24,25)5)15-26-23-16-22(32-34(6,7)27(2,3)4)11-10-21(23)18-33(26,30)31/h15,17,19,21-26H,8-14,16,18H2,1-7H3/b20-15+/t19-,21-,22+,23-,24-,25-,26-,28-/m1/s1. The van der Waals surface area contributed by atoms with Gasteiger partial charge in [-0.2, -0.15) is 0 Å². The quantitative estimate of drug-likeness (QED) is 0.239. The zero-order valence-corrected chi connectivity index (χ0v) is 24.4. The van der Waals surface area contributed by atoms with Crippen molar-refractivity contribution in [1.82, 2.24) is 0 Å². The summed E-state index contributed by atoms with van der Waals surface area (Å²) < 4.78 is 33.6. The Kier molecular flexibility index (Phi) is 7.14. The molecule has 1 heterocycles. The zero-order valence-electron chi connectivity index (χ0n) is 22.6. The van der Waals surface area contributed by atoms with E-state index in [9.17, 15) is 13.2 Å². The predicted molar refractivity (Wildman–Crippen MR) is 142 cm³/mol. The third-order valence-corrected chi connectivity index (χ3v) is 17.6. The molecule has 0 aromatic heterocycles. The SMILES string of the molecule is C[C@H](C=O)[C@H]1CC[C@@H]2/C(=C/[C@@H]3[C@@H]4C[C@@H](O[Si](C)(C)C(C)(C)C)CC[C@@H]4CS3(=O)=O)CCC[C@@]21C. The summed E-state index contributed by atoms with van der Waals surface area (Å²) in [6.45, 7) is 15.9. The summed E-state index contributed by atoms with van der Waals surface area (Å²) in [4.78, 5) is 11.6. The van der Waals surface area contributed by atoms with Crippen LogP contribution in [0.25, 0.3) is 0 Å². The lowest BCUT2D eigenvalue weighted by Crippen LogP contribution is -2.46. The molecule has 3 saturated carbocycles. The van der Waals surface area contributed by atoms with Gasteiger partial charge in [-0.1, -0.05) is 46.3 Å². The van der Waals surface area contributed by atoms with Crippen molar-refractivity contribution in [2.45, 2.75) is 115 Å². The summed E-state index contributed by atoms with van der Waals surface area (Å²) in [5.41, 5.74) is 1.52. The summed E-state index contributed by atoms with van der Waals surface area (Å²) >= 11 is 0. The maximum absolute atomic E-state index is 13.4. The molecule has 1 saturated heterocycles. The van der Waals surface area contributed by atoms with Crippen molar-refractivity contribution in [2.75, 3.05) is 5.75 Å². The van der Waals surface area contributed by atoms with Crippen LogP contribution in [0, 0.1) is 35.0 Å². The minimum atomic E-state index is -3.12. The second-order valence-corrected chi connectivity index (χ2v) is 20.8. The van der Waals surface area contributed by atoms with Crippen molar-refractivity contribution in [3.8, 4) is 0 Å². The Morgan fingerprint density at radius 3 is 2.50 bits per heavy atom. The molecule has 4 fully saturated rings. The van der Waals surface area contributed by atoms with E-state index < -0.39 is 18.2 Å². The number of carbonyl (C=O) groups excluding carboxylic acids is 1. The molecular formula is C28H48O4SSi. The fraction of sp³-hybridized carbons (Fsp3) is 0.893. The molecule has 0 N–H and O–H groups in total. The third-order valence-electron chi connectivity index (χ3n) is 10.8. The largest absolute Gasteiger partial charge is 0.414 e. The van der Waals surface area contributed by atoms with Gasteiger partial charge >= 0.3 is 0 Å². The van der Waals surface area contributed by atoms with Gasteiger partial charge in [-0.25, -0.2) is 8.42 Å². The number of hydrogen-bond donors (Lipinski definition) is 0. The van der Waals surface area contributed by atoms with Gasteiger partial charge in [0, 0.05) is 12.0 Å². The Morgan fingerprint density at radius 1 is 1.15 bits per heavy atom. The molecule has 8 atom stereocenters. The Balaban J connectivity index is 1.58. The number of carbonyl (C=O) groups is 1. The lowest BCUT2D eigenvalue weighted by molar-refractivity contribution is -0.113. The van der Waals surface area contributed by atoms with Crippen LogP contribution in [0.3, 0.4) is 0 Å². The van der Waals surface area contributed by atoms with E-state index in [-0.39, 0.29) is 39.6 Å². The summed E-state index contributed by atoms with van der Waals surface area (Å²) in [6, 6.07) is 0. The van der Waals surface area contributed by atoms with Gasteiger partial charge in [-0.15, -0.1) is 0 Å². The van der Waals surface area contributed by atoms with Crippen LogP contribution in [0.15, 0.2) is 11.6 Å². The second kappa shape index (κ2) is 9.13. The highest BCUT2D eigenvalue weighted by Gasteiger charge is 2.53. The van der Waals surface area contributed by atoms with Crippen LogP contribution >= 0.6 is 0 Å². The Labute approximate surface area is 209 Å². The van der Waals surface area contributed by atoms with Crippen molar-refractivity contribution in [2.24, 2.45) is 35.0 Å². The molecule has 4 rings (SSSR count). The molecule has 4 aliphatic rings. The second-order valence-electron chi connectivity index (χ2n) is 13.9. The minimum absolute atomic E-state index is 0.0838. The van der Waals surface area contributed by atoms with Crippen LogP contribution in [0.2, 0.25) is 18.1 Å². The fourth-order valence-electron chi connectivity index (χ4n) is 7.89. The molecule has 0 unspecified atom stereocenters. The first kappa shape index (κ1) is 26.6. The van der Waals surface area contributed by atoms with Crippen molar-refractivity contribution < 1.29 is 17.6 Å². The highest BCUT2D eigenvalue weighted by atomic mass is 32.2. The van der Waals surface area contributed by atoms with Gasteiger partial charge in [-0.05, 0) is 98.6 Å². The molecule has 194 valence electrons. The minimum Gasteiger partial charge on any atom is -0.414 e. The number of aldehydes is 1. The maximum Gasteiger partial charge on any atom is 0.192 e. The van der Waals surface area contributed by atoms with Crippen molar-refractivity contribution in [3.63, 3.8) is 0 Å². The Hall–Kier alpha value is -0.463. The monoisotopic (exact) mass is 508 g/mol. The van der Waals surface area contributed by atoms with Gasteiger partial charge < -0.3 is 9.22 Å². The van der Waals surface area contributed by atoms with E-state index in [2.05, 4.69) is 53.8 Å². The molecule has 0 bridgehead atoms. The number of sulfone groups is 1. The van der Waals surface area contributed by atoms with Gasteiger partial charge in [0.05, 0.1) is 11.0 Å². The smallest absolute Gasteiger partial charge is 0.192 e. The van der Waals surface area contributed by atoms with Crippen LogP contribution in [-0.4, -0.2) is 40.1 Å². The van der Waals surface area contributed by atoms with E-state index in [1.165, 1.54) is 5.57 Å². The molecule has 0 radical (unpaired) electrons. The van der Waals surface area contributed by atoms with Crippen LogP contribution in [0.1, 0.15) is 86.0 Å². The Bertz CT molecular complexity index is 917. The topological polar surface area (TPSA) is 60.4 Å². The maximum atomic E-state index is 13.4. The van der Waals surface area contributed by atoms with E-state index in [4.69, 9.17) is 4.43 Å². The number of hydrogen-bond acceptors (Lipinski definition) is 4. The molecule has 1 aliphatic heterocycles. The van der Waals surface area contributed by atoms with Gasteiger partial charge in [0.25, 0.3) is 0 Å². The molecule has 0 aromatic rings. The summed E-state index contributed by atoms with van der Waals surface area (Å²) in [5.74, 6) is 1.77. The average molecular weight is 509 g/mol. The molecule has 3 aliphatic carbocycles. The summed E-state index contributed by atoms with van der Waals surface area (Å²) in [6.07, 6.45) is 11.9. The molecular weight excluding hydrogens is 460 g/mol. The highest BCUT2D eigenvalue weighted by molar-refractivity contribution is 7.92. The van der Waals surface area contributed by atoms with Crippen molar-refractivity contribution in [3.05, 3.63) is 11.6 Å². The van der Waals surface area contributed by atoms with Gasteiger partial charge in [0.2, 0.25) is 0 Å². The van der Waals surface area contributed by atoms with Gasteiger partial charge in [0.15, 0.2) is 18.2 Å². The van der Waals surface area contributed by atoms with E-state index >= 15 is 0 Å². The lowest BCUT2D eigenvalue weighted by Gasteiger charge is -2.44. The van der Waals surface area contributed by atoms with Gasteiger partial charge in [0.1, 0.15) is 6.29 Å². The highest BCUT2D eigenvalue weighted by Crippen LogP contribution is 2.59.